The maximum absolute atomic E-state index is 12.1. The number of amides is 1. The lowest BCUT2D eigenvalue weighted by Crippen LogP contribution is -2.28. The molecule has 0 aliphatic carbocycles. The fourth-order valence-corrected chi connectivity index (χ4v) is 1.86. The molecule has 1 aromatic heterocycles. The van der Waals surface area contributed by atoms with Crippen LogP contribution < -0.4 is 5.73 Å². The summed E-state index contributed by atoms with van der Waals surface area (Å²) >= 11 is 0. The molecule has 0 spiro atoms. The average Bonchev–Trinajstić information content (AvgIpc) is 2.74. The van der Waals surface area contributed by atoms with Crippen molar-refractivity contribution in [3.8, 4) is 0 Å². The number of carbonyl (C=O) groups is 1. The van der Waals surface area contributed by atoms with Crippen molar-refractivity contribution in [2.24, 2.45) is 0 Å². The number of aryl methyl sites for hydroxylation is 1. The van der Waals surface area contributed by atoms with E-state index in [1.54, 1.807) is 12.3 Å². The summed E-state index contributed by atoms with van der Waals surface area (Å²) in [5.41, 5.74) is 7.56. The molecule has 0 saturated carbocycles. The summed E-state index contributed by atoms with van der Waals surface area (Å²) in [4.78, 5) is 18.0. The van der Waals surface area contributed by atoms with Crippen molar-refractivity contribution in [2.45, 2.75) is 19.8 Å². The fourth-order valence-electron chi connectivity index (χ4n) is 1.86. The second-order valence-electron chi connectivity index (χ2n) is 3.90. The van der Waals surface area contributed by atoms with Crippen LogP contribution in [0.15, 0.2) is 12.3 Å². The van der Waals surface area contributed by atoms with E-state index in [0.717, 1.165) is 31.6 Å². The Kier molecular flexibility index (Phi) is 2.58. The van der Waals surface area contributed by atoms with Gasteiger partial charge in [-0.15, -0.1) is 0 Å². The lowest BCUT2D eigenvalue weighted by Gasteiger charge is -2.16. The third-order valence-corrected chi connectivity index (χ3v) is 2.73. The van der Waals surface area contributed by atoms with Gasteiger partial charge in [-0.1, -0.05) is 0 Å². The standard InChI is InChI=1S/C11H15N3O/c1-8-10(6-9(12)7-13-8)11(15)14-4-2-3-5-14/h6-7H,2-5,12H2,1H3. The molecule has 4 heteroatoms. The SMILES string of the molecule is Cc1ncc(N)cc1C(=O)N1CCCC1. The Hall–Kier alpha value is -1.58. The third-order valence-electron chi connectivity index (χ3n) is 2.73. The molecule has 1 fully saturated rings. The normalized spacial score (nSPS) is 15.7. The minimum absolute atomic E-state index is 0.0600. The third kappa shape index (κ3) is 1.93. The van der Waals surface area contributed by atoms with E-state index in [0.29, 0.717) is 11.3 Å². The van der Waals surface area contributed by atoms with Gasteiger partial charge in [-0.2, -0.15) is 0 Å². The van der Waals surface area contributed by atoms with Crippen LogP contribution in [-0.2, 0) is 0 Å². The first-order valence-corrected chi connectivity index (χ1v) is 5.20. The van der Waals surface area contributed by atoms with Gasteiger partial charge in [-0.25, -0.2) is 0 Å². The van der Waals surface area contributed by atoms with Gasteiger partial charge in [0.15, 0.2) is 0 Å². The molecule has 1 aromatic rings. The lowest BCUT2D eigenvalue weighted by molar-refractivity contribution is 0.0791. The lowest BCUT2D eigenvalue weighted by atomic mass is 10.1. The van der Waals surface area contributed by atoms with E-state index in [-0.39, 0.29) is 5.91 Å². The zero-order valence-corrected chi connectivity index (χ0v) is 8.86. The molecule has 2 rings (SSSR count). The molecule has 0 atom stereocenters. The van der Waals surface area contributed by atoms with Crippen molar-refractivity contribution < 1.29 is 4.79 Å². The van der Waals surface area contributed by atoms with E-state index in [9.17, 15) is 4.79 Å². The van der Waals surface area contributed by atoms with E-state index in [1.165, 1.54) is 0 Å². The Morgan fingerprint density at radius 1 is 1.47 bits per heavy atom. The summed E-state index contributed by atoms with van der Waals surface area (Å²) in [5.74, 6) is 0.0600. The summed E-state index contributed by atoms with van der Waals surface area (Å²) in [6.07, 6.45) is 3.77. The molecule has 0 radical (unpaired) electrons. The number of hydrogen-bond donors (Lipinski definition) is 1. The van der Waals surface area contributed by atoms with Crippen LogP contribution in [0.4, 0.5) is 5.69 Å². The first-order valence-electron chi connectivity index (χ1n) is 5.20. The second kappa shape index (κ2) is 3.88. The first kappa shape index (κ1) is 9.96. The Balaban J connectivity index is 2.27. The molecular weight excluding hydrogens is 190 g/mol. The minimum Gasteiger partial charge on any atom is -0.397 e. The van der Waals surface area contributed by atoms with Crippen molar-refractivity contribution >= 4 is 11.6 Å². The van der Waals surface area contributed by atoms with Crippen molar-refractivity contribution in [2.75, 3.05) is 18.8 Å². The molecule has 1 amide bonds. The average molecular weight is 205 g/mol. The van der Waals surface area contributed by atoms with E-state index in [2.05, 4.69) is 4.98 Å². The number of pyridine rings is 1. The second-order valence-corrected chi connectivity index (χ2v) is 3.90. The molecule has 0 unspecified atom stereocenters. The number of rotatable bonds is 1. The quantitative estimate of drug-likeness (QED) is 0.749. The van der Waals surface area contributed by atoms with E-state index < -0.39 is 0 Å². The predicted octanol–water partition coefficient (Wildman–Crippen LogP) is 1.21. The molecule has 2 N–H and O–H groups in total. The molecule has 4 nitrogen and oxygen atoms in total. The van der Waals surface area contributed by atoms with Crippen LogP contribution in [0, 0.1) is 6.92 Å². The van der Waals surface area contributed by atoms with E-state index >= 15 is 0 Å². The van der Waals surface area contributed by atoms with Gasteiger partial charge < -0.3 is 10.6 Å². The summed E-state index contributed by atoms with van der Waals surface area (Å²) in [6, 6.07) is 1.71. The molecule has 1 aliphatic rings. The number of hydrogen-bond acceptors (Lipinski definition) is 3. The fraction of sp³-hybridized carbons (Fsp3) is 0.455. The summed E-state index contributed by atoms with van der Waals surface area (Å²) in [7, 11) is 0. The molecular formula is C11H15N3O. The van der Waals surface area contributed by atoms with E-state index in [4.69, 9.17) is 5.73 Å². The van der Waals surface area contributed by atoms with Crippen LogP contribution in [0.5, 0.6) is 0 Å². The van der Waals surface area contributed by atoms with Gasteiger partial charge in [0.05, 0.1) is 23.1 Å². The van der Waals surface area contributed by atoms with Crippen molar-refractivity contribution in [1.29, 1.82) is 0 Å². The summed E-state index contributed by atoms with van der Waals surface area (Å²) in [6.45, 7) is 3.54. The molecule has 0 bridgehead atoms. The van der Waals surface area contributed by atoms with Crippen LogP contribution >= 0.6 is 0 Å². The first-order chi connectivity index (χ1) is 7.18. The Bertz CT molecular complexity index is 383. The minimum atomic E-state index is 0.0600. The Morgan fingerprint density at radius 2 is 2.13 bits per heavy atom. The molecule has 15 heavy (non-hydrogen) atoms. The van der Waals surface area contributed by atoms with Gasteiger partial charge in [-0.05, 0) is 25.8 Å². The zero-order chi connectivity index (χ0) is 10.8. The smallest absolute Gasteiger partial charge is 0.255 e. The van der Waals surface area contributed by atoms with Crippen molar-refractivity contribution in [3.63, 3.8) is 0 Å². The maximum atomic E-state index is 12.1. The highest BCUT2D eigenvalue weighted by Crippen LogP contribution is 2.16. The van der Waals surface area contributed by atoms with Crippen molar-refractivity contribution in [1.82, 2.24) is 9.88 Å². The molecule has 80 valence electrons. The van der Waals surface area contributed by atoms with Gasteiger partial charge in [0.1, 0.15) is 0 Å². The monoisotopic (exact) mass is 205 g/mol. The number of nitrogen functional groups attached to an aromatic ring is 1. The molecule has 1 saturated heterocycles. The summed E-state index contributed by atoms with van der Waals surface area (Å²) < 4.78 is 0. The Labute approximate surface area is 89.1 Å². The maximum Gasteiger partial charge on any atom is 0.255 e. The van der Waals surface area contributed by atoms with Gasteiger partial charge in [0.2, 0.25) is 0 Å². The zero-order valence-electron chi connectivity index (χ0n) is 8.86. The highest BCUT2D eigenvalue weighted by molar-refractivity contribution is 5.96. The van der Waals surface area contributed by atoms with Gasteiger partial charge in [0, 0.05) is 13.1 Å². The molecule has 0 aromatic carbocycles. The van der Waals surface area contributed by atoms with Crippen LogP contribution in [0.1, 0.15) is 28.9 Å². The number of nitrogens with zero attached hydrogens (tertiary/aromatic N) is 2. The number of anilines is 1. The molecule has 1 aliphatic heterocycles. The van der Waals surface area contributed by atoms with Gasteiger partial charge in [-0.3, -0.25) is 9.78 Å². The summed E-state index contributed by atoms with van der Waals surface area (Å²) in [5, 5.41) is 0. The van der Waals surface area contributed by atoms with Crippen molar-refractivity contribution in [3.05, 3.63) is 23.5 Å². The highest BCUT2D eigenvalue weighted by Gasteiger charge is 2.21. The van der Waals surface area contributed by atoms with Crippen LogP contribution in [0.25, 0.3) is 0 Å². The Morgan fingerprint density at radius 3 is 2.80 bits per heavy atom. The predicted molar refractivity (Wildman–Crippen MR) is 58.5 cm³/mol. The van der Waals surface area contributed by atoms with Gasteiger partial charge in [0.25, 0.3) is 5.91 Å². The van der Waals surface area contributed by atoms with E-state index in [1.807, 2.05) is 11.8 Å². The number of nitrogens with two attached hydrogens (primary N) is 1. The topological polar surface area (TPSA) is 59.2 Å². The highest BCUT2D eigenvalue weighted by atomic mass is 16.2. The van der Waals surface area contributed by atoms with Crippen LogP contribution in [0.3, 0.4) is 0 Å². The van der Waals surface area contributed by atoms with Crippen LogP contribution in [0.2, 0.25) is 0 Å². The number of carbonyl (C=O) groups excluding carboxylic acids is 1. The number of aromatic nitrogens is 1. The van der Waals surface area contributed by atoms with Gasteiger partial charge >= 0.3 is 0 Å². The largest absolute Gasteiger partial charge is 0.397 e. The number of likely N-dealkylation sites (tertiary alicyclic amines) is 1. The molecule has 2 heterocycles. The van der Waals surface area contributed by atoms with Crippen LogP contribution in [-0.4, -0.2) is 28.9 Å².